The number of anilines is 1. The molecule has 0 amide bonds. The molecule has 11 heteroatoms. The molecule has 1 saturated heterocycles. The van der Waals surface area contributed by atoms with Crippen molar-refractivity contribution in [2.45, 2.75) is 13.0 Å². The number of nitrogens with one attached hydrogen (secondary N) is 1. The van der Waals surface area contributed by atoms with Gasteiger partial charge >= 0.3 is 5.97 Å². The SMILES string of the molecule is CC(O)C(=O)Oc1c(-c2nc3ccc(N4CCN(C)CC4)cc3[nH]2)c(=O)n(N)c2cccc(F)c12. The van der Waals surface area contributed by atoms with Gasteiger partial charge in [0, 0.05) is 31.9 Å². The second kappa shape index (κ2) is 8.67. The standard InChI is InChI=1S/C24H25FN6O4/c1-13(32)24(34)35-21-19-15(25)4-3-5-18(19)31(26)23(33)20(21)22-27-16-7-6-14(12-17(16)28-22)30-10-8-29(2)9-11-30/h3-7,12-13,32H,8-11,26H2,1-2H3,(H,27,28). The van der Waals surface area contributed by atoms with Crippen molar-refractivity contribution in [1.82, 2.24) is 19.5 Å². The number of hydrogen-bond donors (Lipinski definition) is 3. The molecule has 1 fully saturated rings. The van der Waals surface area contributed by atoms with Gasteiger partial charge in [-0.15, -0.1) is 0 Å². The van der Waals surface area contributed by atoms with Gasteiger partial charge in [-0.05, 0) is 44.3 Å². The molecular weight excluding hydrogens is 455 g/mol. The summed E-state index contributed by atoms with van der Waals surface area (Å²) in [4.78, 5) is 37.7. The van der Waals surface area contributed by atoms with Gasteiger partial charge in [0.15, 0.2) is 5.75 Å². The topological polar surface area (TPSA) is 130 Å². The summed E-state index contributed by atoms with van der Waals surface area (Å²) in [6.07, 6.45) is -1.49. The smallest absolute Gasteiger partial charge is 0.340 e. The fraction of sp³-hybridized carbons (Fsp3) is 0.292. The Morgan fingerprint density at radius 1 is 1.23 bits per heavy atom. The van der Waals surface area contributed by atoms with Crippen LogP contribution in [0.2, 0.25) is 0 Å². The number of H-pyrrole nitrogens is 1. The highest BCUT2D eigenvalue weighted by Gasteiger charge is 2.27. The predicted octanol–water partition coefficient (Wildman–Crippen LogP) is 1.44. The van der Waals surface area contributed by atoms with Crippen molar-refractivity contribution in [2.24, 2.45) is 0 Å². The number of nitrogens with zero attached hydrogens (tertiary/aromatic N) is 4. The monoisotopic (exact) mass is 480 g/mol. The van der Waals surface area contributed by atoms with Crippen LogP contribution in [0, 0.1) is 5.82 Å². The van der Waals surface area contributed by atoms with E-state index < -0.39 is 23.4 Å². The quantitative estimate of drug-likeness (QED) is 0.296. The summed E-state index contributed by atoms with van der Waals surface area (Å²) < 4.78 is 21.1. The average Bonchev–Trinajstić information content (AvgIpc) is 3.25. The number of nitrogen functional groups attached to an aromatic ring is 1. The second-order valence-corrected chi connectivity index (χ2v) is 8.69. The van der Waals surface area contributed by atoms with Crippen LogP contribution in [0.3, 0.4) is 0 Å². The van der Waals surface area contributed by atoms with Crippen molar-refractivity contribution in [3.05, 3.63) is 52.6 Å². The first kappa shape index (κ1) is 22.8. The summed E-state index contributed by atoms with van der Waals surface area (Å²) in [5.74, 6) is 3.93. The van der Waals surface area contributed by atoms with Crippen molar-refractivity contribution in [3.63, 3.8) is 0 Å². The van der Waals surface area contributed by atoms with Gasteiger partial charge in [-0.1, -0.05) is 6.07 Å². The number of aromatic nitrogens is 3. The predicted molar refractivity (Wildman–Crippen MR) is 130 cm³/mol. The molecule has 4 N–H and O–H groups in total. The summed E-state index contributed by atoms with van der Waals surface area (Å²) in [6.45, 7) is 4.87. The molecule has 10 nitrogen and oxygen atoms in total. The van der Waals surface area contributed by atoms with Crippen LogP contribution in [0.4, 0.5) is 10.1 Å². The van der Waals surface area contributed by atoms with Crippen LogP contribution in [0.15, 0.2) is 41.2 Å². The fourth-order valence-electron chi connectivity index (χ4n) is 4.26. The highest BCUT2D eigenvalue weighted by Crippen LogP contribution is 2.35. The normalized spacial score (nSPS) is 15.6. The minimum absolute atomic E-state index is 0.0283. The zero-order valence-electron chi connectivity index (χ0n) is 19.3. The van der Waals surface area contributed by atoms with Gasteiger partial charge in [-0.25, -0.2) is 18.8 Å². The van der Waals surface area contributed by atoms with Crippen LogP contribution in [0.5, 0.6) is 5.75 Å². The van der Waals surface area contributed by atoms with Crippen LogP contribution in [0.1, 0.15) is 6.92 Å². The third-order valence-electron chi connectivity index (χ3n) is 6.25. The number of halogens is 1. The van der Waals surface area contributed by atoms with Crippen molar-refractivity contribution < 1.29 is 19.0 Å². The number of carbonyl (C=O) groups excluding carboxylic acids is 1. The zero-order chi connectivity index (χ0) is 24.9. The number of carbonyl (C=O) groups is 1. The van der Waals surface area contributed by atoms with Crippen molar-refractivity contribution in [1.29, 1.82) is 0 Å². The number of benzene rings is 2. The molecule has 182 valence electrons. The number of fused-ring (bicyclic) bond motifs is 2. The molecule has 2 aromatic heterocycles. The molecule has 0 spiro atoms. The first-order valence-electron chi connectivity index (χ1n) is 11.2. The molecule has 5 rings (SSSR count). The Bertz CT molecular complexity index is 1500. The Morgan fingerprint density at radius 2 is 1.97 bits per heavy atom. The average molecular weight is 481 g/mol. The van der Waals surface area contributed by atoms with Crippen LogP contribution >= 0.6 is 0 Å². The largest absolute Gasteiger partial charge is 0.423 e. The van der Waals surface area contributed by atoms with Gasteiger partial charge in [0.2, 0.25) is 0 Å². The fourth-order valence-corrected chi connectivity index (χ4v) is 4.26. The lowest BCUT2D eigenvalue weighted by Crippen LogP contribution is -2.44. The third-order valence-corrected chi connectivity index (χ3v) is 6.25. The maximum absolute atomic E-state index is 14.9. The number of imidazole rings is 1. The molecule has 3 heterocycles. The Morgan fingerprint density at radius 3 is 2.69 bits per heavy atom. The van der Waals surface area contributed by atoms with Gasteiger partial charge in [0.1, 0.15) is 23.3 Å². The summed E-state index contributed by atoms with van der Waals surface area (Å²) in [5.41, 5.74) is 1.30. The van der Waals surface area contributed by atoms with Crippen LogP contribution in [0.25, 0.3) is 33.3 Å². The number of esters is 1. The minimum Gasteiger partial charge on any atom is -0.423 e. The van der Waals surface area contributed by atoms with Gasteiger partial charge in [-0.2, -0.15) is 0 Å². The molecule has 35 heavy (non-hydrogen) atoms. The van der Waals surface area contributed by atoms with E-state index in [0.717, 1.165) is 42.6 Å². The maximum Gasteiger partial charge on any atom is 0.340 e. The minimum atomic E-state index is -1.49. The van der Waals surface area contributed by atoms with Crippen LogP contribution in [-0.4, -0.2) is 70.0 Å². The lowest BCUT2D eigenvalue weighted by Gasteiger charge is -2.34. The summed E-state index contributed by atoms with van der Waals surface area (Å²) in [6, 6.07) is 9.70. The molecule has 1 aliphatic rings. The number of hydrogen-bond acceptors (Lipinski definition) is 8. The van der Waals surface area contributed by atoms with Crippen molar-refractivity contribution in [3.8, 4) is 17.1 Å². The number of aliphatic hydroxyl groups is 1. The highest BCUT2D eigenvalue weighted by atomic mass is 19.1. The number of ether oxygens (including phenoxy) is 1. The molecule has 2 aromatic carbocycles. The molecule has 0 saturated carbocycles. The maximum atomic E-state index is 14.9. The number of aliphatic hydroxyl groups excluding tert-OH is 1. The molecule has 1 unspecified atom stereocenters. The Hall–Kier alpha value is -3.96. The molecule has 4 aromatic rings. The van der Waals surface area contributed by atoms with Gasteiger partial charge in [0.25, 0.3) is 5.56 Å². The van der Waals surface area contributed by atoms with Crippen LogP contribution in [-0.2, 0) is 4.79 Å². The lowest BCUT2D eigenvalue weighted by molar-refractivity contribution is -0.142. The summed E-state index contributed by atoms with van der Waals surface area (Å²) >= 11 is 0. The van der Waals surface area contributed by atoms with Gasteiger partial charge in [-0.3, -0.25) is 4.79 Å². The number of pyridine rings is 1. The lowest BCUT2D eigenvalue weighted by atomic mass is 10.1. The second-order valence-electron chi connectivity index (χ2n) is 8.69. The molecule has 0 aliphatic carbocycles. The molecule has 0 radical (unpaired) electrons. The van der Waals surface area contributed by atoms with E-state index in [0.29, 0.717) is 11.0 Å². The van der Waals surface area contributed by atoms with E-state index in [-0.39, 0.29) is 28.0 Å². The van der Waals surface area contributed by atoms with E-state index in [4.69, 9.17) is 10.6 Å². The number of rotatable bonds is 4. The van der Waals surface area contributed by atoms with E-state index >= 15 is 0 Å². The Balaban J connectivity index is 1.69. The first-order chi connectivity index (χ1) is 16.7. The van der Waals surface area contributed by atoms with Crippen molar-refractivity contribution >= 4 is 33.6 Å². The van der Waals surface area contributed by atoms with E-state index in [1.807, 2.05) is 18.2 Å². The van der Waals surface area contributed by atoms with E-state index in [2.05, 4.69) is 26.8 Å². The summed E-state index contributed by atoms with van der Waals surface area (Å²) in [5, 5.41) is 9.52. The first-order valence-corrected chi connectivity index (χ1v) is 11.2. The zero-order valence-corrected chi connectivity index (χ0v) is 19.3. The number of nitrogens with two attached hydrogens (primary N) is 1. The van der Waals surface area contributed by atoms with Gasteiger partial charge in [0.05, 0.1) is 21.9 Å². The highest BCUT2D eigenvalue weighted by molar-refractivity contribution is 5.96. The van der Waals surface area contributed by atoms with Crippen LogP contribution < -0.4 is 21.0 Å². The molecule has 1 aliphatic heterocycles. The van der Waals surface area contributed by atoms with Gasteiger partial charge < -0.3 is 30.5 Å². The van der Waals surface area contributed by atoms with E-state index in [1.54, 1.807) is 0 Å². The Kier molecular flexibility index (Phi) is 5.65. The van der Waals surface area contributed by atoms with E-state index in [1.165, 1.54) is 19.1 Å². The summed E-state index contributed by atoms with van der Waals surface area (Å²) in [7, 11) is 2.08. The number of aromatic amines is 1. The molecule has 0 bridgehead atoms. The van der Waals surface area contributed by atoms with E-state index in [9.17, 15) is 19.1 Å². The number of likely N-dealkylation sites (N-methyl/N-ethyl adjacent to an activating group) is 1. The molecular formula is C24H25FN6O4. The van der Waals surface area contributed by atoms with Crippen molar-refractivity contribution in [2.75, 3.05) is 44.0 Å². The third kappa shape index (κ3) is 3.98. The Labute approximate surface area is 199 Å². The molecule has 1 atom stereocenters. The number of piperazine rings is 1.